The van der Waals surface area contributed by atoms with Crippen LogP contribution in [0, 0.1) is 0 Å². The summed E-state index contributed by atoms with van der Waals surface area (Å²) in [6, 6.07) is 24.2. The topological polar surface area (TPSA) is 42.0 Å². The van der Waals surface area contributed by atoms with Gasteiger partial charge in [-0.05, 0) is 54.8 Å². The molecule has 3 aromatic rings. The number of hydrogen-bond acceptors (Lipinski definition) is 4. The summed E-state index contributed by atoms with van der Waals surface area (Å²) in [4.78, 5) is 17.6. The number of nitrogens with zero attached hydrogens (tertiary/aromatic N) is 2. The van der Waals surface area contributed by atoms with Crippen molar-refractivity contribution in [1.29, 1.82) is 0 Å². The molecule has 0 atom stereocenters. The minimum Gasteiger partial charge on any atom is -0.493 e. The molecule has 5 heteroatoms. The van der Waals surface area contributed by atoms with Gasteiger partial charge in [0.15, 0.2) is 0 Å². The Kier molecular flexibility index (Phi) is 7.73. The average molecular weight is 459 g/mol. The average Bonchev–Trinajstić information content (AvgIpc) is 2.88. The van der Waals surface area contributed by atoms with Crippen LogP contribution in [0.15, 0.2) is 72.8 Å². The molecule has 0 radical (unpaired) electrons. The zero-order valence-electron chi connectivity index (χ0n) is 20.4. The second-order valence-electron chi connectivity index (χ2n) is 8.85. The van der Waals surface area contributed by atoms with Crippen LogP contribution < -0.4 is 14.4 Å². The molecule has 0 aliphatic carbocycles. The number of rotatable bonds is 8. The summed E-state index contributed by atoms with van der Waals surface area (Å²) in [6.45, 7) is 10.2. The molecular weight excluding hydrogens is 424 g/mol. The van der Waals surface area contributed by atoms with Crippen molar-refractivity contribution in [2.75, 3.05) is 37.7 Å². The van der Waals surface area contributed by atoms with Gasteiger partial charge < -0.3 is 19.3 Å². The van der Waals surface area contributed by atoms with Crippen molar-refractivity contribution in [2.45, 2.75) is 33.3 Å². The maximum atomic E-state index is 13.3. The van der Waals surface area contributed by atoms with Crippen molar-refractivity contribution in [3.05, 3.63) is 89.5 Å². The van der Waals surface area contributed by atoms with E-state index in [2.05, 4.69) is 49.1 Å². The summed E-state index contributed by atoms with van der Waals surface area (Å²) < 4.78 is 12.0. The highest BCUT2D eigenvalue weighted by Crippen LogP contribution is 2.29. The summed E-state index contributed by atoms with van der Waals surface area (Å²) in [5.74, 6) is 2.05. The lowest BCUT2D eigenvalue weighted by atomic mass is 10.0. The molecule has 1 fully saturated rings. The van der Waals surface area contributed by atoms with Crippen molar-refractivity contribution < 1.29 is 14.3 Å². The number of piperazine rings is 1. The summed E-state index contributed by atoms with van der Waals surface area (Å²) in [5.41, 5.74) is 3.93. The van der Waals surface area contributed by atoms with Gasteiger partial charge in [-0.2, -0.15) is 0 Å². The fraction of sp³-hybridized carbons (Fsp3) is 0.345. The van der Waals surface area contributed by atoms with Crippen LogP contribution in [0.25, 0.3) is 0 Å². The summed E-state index contributed by atoms with van der Waals surface area (Å²) >= 11 is 0. The normalized spacial score (nSPS) is 13.8. The maximum absolute atomic E-state index is 13.3. The molecule has 1 saturated heterocycles. The minimum absolute atomic E-state index is 0.0552. The first-order valence-corrected chi connectivity index (χ1v) is 12.1. The minimum atomic E-state index is 0.0552. The first-order chi connectivity index (χ1) is 16.6. The van der Waals surface area contributed by atoms with Gasteiger partial charge in [-0.15, -0.1) is 0 Å². The van der Waals surface area contributed by atoms with E-state index in [9.17, 15) is 4.79 Å². The van der Waals surface area contributed by atoms with Crippen LogP contribution in [-0.2, 0) is 6.61 Å². The molecular formula is C29H34N2O3. The number of carbonyl (C=O) groups is 1. The monoisotopic (exact) mass is 458 g/mol. The highest BCUT2D eigenvalue weighted by Gasteiger charge is 2.23. The molecule has 0 saturated carbocycles. The number of hydrogen-bond donors (Lipinski definition) is 0. The molecule has 5 nitrogen and oxygen atoms in total. The molecule has 0 spiro atoms. The lowest BCUT2D eigenvalue weighted by molar-refractivity contribution is 0.0746. The van der Waals surface area contributed by atoms with Crippen LogP contribution in [0.5, 0.6) is 11.5 Å². The third-order valence-corrected chi connectivity index (χ3v) is 6.22. The smallest absolute Gasteiger partial charge is 0.253 e. The van der Waals surface area contributed by atoms with Crippen molar-refractivity contribution in [3.63, 3.8) is 0 Å². The predicted molar refractivity (Wildman–Crippen MR) is 137 cm³/mol. The molecule has 0 unspecified atom stereocenters. The van der Waals surface area contributed by atoms with E-state index in [-0.39, 0.29) is 5.91 Å². The van der Waals surface area contributed by atoms with Crippen molar-refractivity contribution >= 4 is 11.6 Å². The molecule has 34 heavy (non-hydrogen) atoms. The van der Waals surface area contributed by atoms with Crippen molar-refractivity contribution in [2.24, 2.45) is 0 Å². The highest BCUT2D eigenvalue weighted by atomic mass is 16.5. The van der Waals surface area contributed by atoms with Gasteiger partial charge in [0.05, 0.1) is 6.61 Å². The van der Waals surface area contributed by atoms with Gasteiger partial charge in [-0.1, -0.05) is 50.2 Å². The van der Waals surface area contributed by atoms with Crippen LogP contribution in [-0.4, -0.2) is 43.6 Å². The third kappa shape index (κ3) is 5.53. The Hall–Kier alpha value is -3.47. The molecule has 0 bridgehead atoms. The van der Waals surface area contributed by atoms with Crippen LogP contribution in [0.1, 0.15) is 48.2 Å². The van der Waals surface area contributed by atoms with E-state index in [1.807, 2.05) is 54.3 Å². The quantitative estimate of drug-likeness (QED) is 0.431. The van der Waals surface area contributed by atoms with Gasteiger partial charge in [0.1, 0.15) is 18.1 Å². The van der Waals surface area contributed by atoms with E-state index in [1.165, 1.54) is 11.3 Å². The molecule has 1 heterocycles. The van der Waals surface area contributed by atoms with E-state index in [1.54, 1.807) is 0 Å². The van der Waals surface area contributed by atoms with Gasteiger partial charge in [0.25, 0.3) is 5.91 Å². The third-order valence-electron chi connectivity index (χ3n) is 6.22. The van der Waals surface area contributed by atoms with Crippen LogP contribution in [0.4, 0.5) is 5.69 Å². The fourth-order valence-corrected chi connectivity index (χ4v) is 4.36. The van der Waals surface area contributed by atoms with Gasteiger partial charge in [-0.25, -0.2) is 0 Å². The highest BCUT2D eigenvalue weighted by molar-refractivity contribution is 5.94. The first kappa shape index (κ1) is 23.7. The number of carbonyl (C=O) groups excluding carboxylic acids is 1. The molecule has 0 aromatic heterocycles. The molecule has 178 valence electrons. The summed E-state index contributed by atoms with van der Waals surface area (Å²) in [7, 11) is 0. The number of benzene rings is 3. The number of ether oxygens (including phenoxy) is 2. The van der Waals surface area contributed by atoms with E-state index in [4.69, 9.17) is 9.47 Å². The molecule has 1 aliphatic rings. The Morgan fingerprint density at radius 1 is 0.853 bits per heavy atom. The first-order valence-electron chi connectivity index (χ1n) is 12.1. The van der Waals surface area contributed by atoms with E-state index < -0.39 is 0 Å². The van der Waals surface area contributed by atoms with Gasteiger partial charge in [0.2, 0.25) is 0 Å². The second-order valence-corrected chi connectivity index (χ2v) is 8.85. The van der Waals surface area contributed by atoms with E-state index in [0.717, 1.165) is 30.2 Å². The number of amides is 1. The Morgan fingerprint density at radius 3 is 2.26 bits per heavy atom. The van der Waals surface area contributed by atoms with Crippen LogP contribution >= 0.6 is 0 Å². The van der Waals surface area contributed by atoms with E-state index in [0.29, 0.717) is 37.8 Å². The Labute approximate surface area is 202 Å². The zero-order valence-corrected chi connectivity index (χ0v) is 20.4. The summed E-state index contributed by atoms with van der Waals surface area (Å²) in [6.07, 6.45) is 0. The molecule has 4 rings (SSSR count). The van der Waals surface area contributed by atoms with Crippen molar-refractivity contribution in [3.8, 4) is 11.5 Å². The molecule has 1 aliphatic heterocycles. The van der Waals surface area contributed by atoms with E-state index >= 15 is 0 Å². The Balaban J connectivity index is 1.46. The standard InChI is InChI=1S/C29H34N2O3/c1-4-33-27-15-14-23(20-24(27)21-34-28-13-9-8-12-26(28)22(2)3)29(32)31-18-16-30(17-19-31)25-10-6-5-7-11-25/h5-15,20,22H,4,16-19,21H2,1-3H3. The Morgan fingerprint density at radius 2 is 1.56 bits per heavy atom. The largest absolute Gasteiger partial charge is 0.493 e. The number of anilines is 1. The van der Waals surface area contributed by atoms with Gasteiger partial charge in [-0.3, -0.25) is 4.79 Å². The van der Waals surface area contributed by atoms with Crippen LogP contribution in [0.3, 0.4) is 0 Å². The lowest BCUT2D eigenvalue weighted by Crippen LogP contribution is -2.48. The summed E-state index contributed by atoms with van der Waals surface area (Å²) in [5, 5.41) is 0. The molecule has 1 amide bonds. The Bertz CT molecular complexity index is 1090. The van der Waals surface area contributed by atoms with Gasteiger partial charge in [0, 0.05) is 43.0 Å². The fourth-order valence-electron chi connectivity index (χ4n) is 4.36. The molecule has 3 aromatic carbocycles. The second kappa shape index (κ2) is 11.1. The van der Waals surface area contributed by atoms with Gasteiger partial charge >= 0.3 is 0 Å². The SMILES string of the molecule is CCOc1ccc(C(=O)N2CCN(c3ccccc3)CC2)cc1COc1ccccc1C(C)C. The zero-order chi connectivity index (χ0) is 23.9. The number of para-hydroxylation sites is 2. The predicted octanol–water partition coefficient (Wildman–Crippen LogP) is 5.75. The molecule has 0 N–H and O–H groups in total. The van der Waals surface area contributed by atoms with Crippen LogP contribution in [0.2, 0.25) is 0 Å². The van der Waals surface area contributed by atoms with Crippen molar-refractivity contribution in [1.82, 2.24) is 4.90 Å². The maximum Gasteiger partial charge on any atom is 0.253 e. The lowest BCUT2D eigenvalue weighted by Gasteiger charge is -2.36.